The first kappa shape index (κ1) is 32.4. The Labute approximate surface area is 263 Å². The van der Waals surface area contributed by atoms with Gasteiger partial charge in [0.05, 0.1) is 23.7 Å². The van der Waals surface area contributed by atoms with Crippen LogP contribution in [0, 0.1) is 11.3 Å². The zero-order chi connectivity index (χ0) is 32.5. The average molecular weight is 624 g/mol. The monoisotopic (exact) mass is 623 g/mol. The lowest BCUT2D eigenvalue weighted by Crippen LogP contribution is -2.59. The van der Waals surface area contributed by atoms with Gasteiger partial charge in [-0.25, -0.2) is 9.59 Å². The SMILES string of the molecule is CC(C)(C)C(CN1C(=O)c2ccccc2C1=O)NC(=O)N[C@H]1CCCCCCCC2C[C@@]2(C(=O)O)NC(=O)[C@@H]2CCCN2C1=O. The van der Waals surface area contributed by atoms with Crippen molar-refractivity contribution < 1.29 is 33.9 Å². The third kappa shape index (κ3) is 6.69. The molecule has 4 N–H and O–H groups in total. The fourth-order valence-electron chi connectivity index (χ4n) is 6.96. The Morgan fingerprint density at radius 1 is 0.956 bits per heavy atom. The van der Waals surface area contributed by atoms with Gasteiger partial charge in [-0.3, -0.25) is 24.1 Å². The lowest BCUT2D eigenvalue weighted by atomic mass is 9.86. The number of carboxylic acids is 1. The maximum Gasteiger partial charge on any atom is 0.329 e. The first-order valence-corrected chi connectivity index (χ1v) is 16.2. The standard InChI is InChI=1S/C33H45N5O7/c1-32(2,3)25(19-38-27(40)21-13-9-10-14-22(21)28(38)41)35-31(45)34-23-15-8-6-4-5-7-12-20-18-33(20,30(43)44)36-26(39)24-16-11-17-37(24)29(23)42/h9-10,13-14,20,23-25H,4-8,11-12,15-19H2,1-3H3,(H,36,39)(H,43,44)(H2,34,35,45)/t20?,23-,24-,25?,33+/m0/s1. The Hall–Kier alpha value is -3.96. The summed E-state index contributed by atoms with van der Waals surface area (Å²) >= 11 is 0. The second-order valence-electron chi connectivity index (χ2n) is 14.1. The third-order valence-corrected chi connectivity index (χ3v) is 9.91. The van der Waals surface area contributed by atoms with Gasteiger partial charge in [-0.2, -0.15) is 0 Å². The second-order valence-corrected chi connectivity index (χ2v) is 14.1. The van der Waals surface area contributed by atoms with Crippen molar-refractivity contribution in [2.24, 2.45) is 11.3 Å². The predicted octanol–water partition coefficient (Wildman–Crippen LogP) is 3.06. The van der Waals surface area contributed by atoms with Gasteiger partial charge in [-0.05, 0) is 55.6 Å². The number of nitrogens with zero attached hydrogens (tertiary/aromatic N) is 2. The lowest BCUT2D eigenvalue weighted by Gasteiger charge is -2.35. The molecule has 5 rings (SSSR count). The molecule has 1 aromatic carbocycles. The molecule has 0 aromatic heterocycles. The van der Waals surface area contributed by atoms with Gasteiger partial charge >= 0.3 is 12.0 Å². The van der Waals surface area contributed by atoms with Crippen LogP contribution in [-0.4, -0.2) is 87.3 Å². The summed E-state index contributed by atoms with van der Waals surface area (Å²) in [5.74, 6) is -2.80. The number of carboxylic acid groups (broad SMARTS) is 1. The van der Waals surface area contributed by atoms with Crippen molar-refractivity contribution in [3.05, 3.63) is 35.4 Å². The average Bonchev–Trinajstić information content (AvgIpc) is 3.35. The Bertz CT molecular complexity index is 1340. The van der Waals surface area contributed by atoms with Gasteiger partial charge in [0.1, 0.15) is 17.6 Å². The Balaban J connectivity index is 1.30. The van der Waals surface area contributed by atoms with Crippen molar-refractivity contribution in [1.82, 2.24) is 25.8 Å². The number of aliphatic carboxylic acids is 1. The highest BCUT2D eigenvalue weighted by molar-refractivity contribution is 6.21. The van der Waals surface area contributed by atoms with Gasteiger partial charge in [0.2, 0.25) is 11.8 Å². The van der Waals surface area contributed by atoms with Crippen molar-refractivity contribution in [3.63, 3.8) is 0 Å². The first-order valence-electron chi connectivity index (χ1n) is 16.2. The molecule has 3 aliphatic heterocycles. The number of rotatable bonds is 5. The molecule has 12 heteroatoms. The number of hydrogen-bond acceptors (Lipinski definition) is 6. The molecule has 6 amide bonds. The fourth-order valence-corrected chi connectivity index (χ4v) is 6.96. The van der Waals surface area contributed by atoms with Gasteiger partial charge in [0, 0.05) is 6.54 Å². The minimum atomic E-state index is -1.27. The maximum atomic E-state index is 13.9. The minimum Gasteiger partial charge on any atom is -0.479 e. The van der Waals surface area contributed by atoms with E-state index in [4.69, 9.17) is 0 Å². The van der Waals surface area contributed by atoms with Gasteiger partial charge in [-0.15, -0.1) is 0 Å². The van der Waals surface area contributed by atoms with Crippen LogP contribution in [0.5, 0.6) is 0 Å². The van der Waals surface area contributed by atoms with E-state index in [0.29, 0.717) is 49.8 Å². The zero-order valence-corrected chi connectivity index (χ0v) is 26.4. The lowest BCUT2D eigenvalue weighted by molar-refractivity contribution is -0.145. The molecule has 5 atom stereocenters. The van der Waals surface area contributed by atoms with Crippen LogP contribution in [0.15, 0.2) is 24.3 Å². The summed E-state index contributed by atoms with van der Waals surface area (Å²) in [6, 6.07) is 3.70. The van der Waals surface area contributed by atoms with Crippen molar-refractivity contribution in [2.45, 2.75) is 109 Å². The Morgan fingerprint density at radius 3 is 2.20 bits per heavy atom. The number of carbonyl (C=O) groups is 6. The molecular formula is C33H45N5O7. The number of carbonyl (C=O) groups excluding carboxylic acids is 5. The molecule has 2 unspecified atom stereocenters. The van der Waals surface area contributed by atoms with Gasteiger partial charge in [0.15, 0.2) is 0 Å². The Kier molecular flexibility index (Phi) is 9.23. The van der Waals surface area contributed by atoms with Gasteiger partial charge < -0.3 is 26.0 Å². The number of nitrogens with one attached hydrogen (secondary N) is 3. The van der Waals surface area contributed by atoms with Crippen LogP contribution < -0.4 is 16.0 Å². The van der Waals surface area contributed by atoms with E-state index in [2.05, 4.69) is 16.0 Å². The van der Waals surface area contributed by atoms with Crippen LogP contribution in [0.25, 0.3) is 0 Å². The molecule has 1 saturated carbocycles. The van der Waals surface area contributed by atoms with E-state index in [-0.39, 0.29) is 18.4 Å². The molecule has 3 fully saturated rings. The highest BCUT2D eigenvalue weighted by Gasteiger charge is 2.61. The van der Waals surface area contributed by atoms with Crippen LogP contribution >= 0.6 is 0 Å². The topological polar surface area (TPSA) is 165 Å². The van der Waals surface area contributed by atoms with Crippen molar-refractivity contribution >= 4 is 35.6 Å². The Morgan fingerprint density at radius 2 is 1.58 bits per heavy atom. The van der Waals surface area contributed by atoms with Crippen LogP contribution in [-0.2, 0) is 14.4 Å². The minimum absolute atomic E-state index is 0.0391. The van der Waals surface area contributed by atoms with Gasteiger partial charge in [0.25, 0.3) is 11.8 Å². The van der Waals surface area contributed by atoms with Crippen LogP contribution in [0.3, 0.4) is 0 Å². The summed E-state index contributed by atoms with van der Waals surface area (Å²) < 4.78 is 0. The van der Waals surface area contributed by atoms with E-state index < -0.39 is 58.8 Å². The summed E-state index contributed by atoms with van der Waals surface area (Å²) in [7, 11) is 0. The smallest absolute Gasteiger partial charge is 0.329 e. The van der Waals surface area contributed by atoms with Crippen molar-refractivity contribution in [1.29, 1.82) is 0 Å². The van der Waals surface area contributed by atoms with E-state index >= 15 is 0 Å². The highest BCUT2D eigenvalue weighted by Crippen LogP contribution is 2.47. The van der Waals surface area contributed by atoms with E-state index in [0.717, 1.165) is 37.0 Å². The van der Waals surface area contributed by atoms with Crippen LogP contribution in [0.2, 0.25) is 0 Å². The fraction of sp³-hybridized carbons (Fsp3) is 0.636. The normalized spacial score (nSPS) is 28.2. The molecule has 4 aliphatic rings. The predicted molar refractivity (Wildman–Crippen MR) is 164 cm³/mol. The van der Waals surface area contributed by atoms with Crippen LogP contribution in [0.1, 0.15) is 106 Å². The first-order chi connectivity index (χ1) is 21.3. The number of imide groups is 1. The molecule has 1 aromatic rings. The molecule has 0 spiro atoms. The summed E-state index contributed by atoms with van der Waals surface area (Å²) in [5.41, 5.74) is -1.15. The highest BCUT2D eigenvalue weighted by atomic mass is 16.4. The van der Waals surface area contributed by atoms with E-state index in [1.54, 1.807) is 24.3 Å². The molecule has 244 valence electrons. The van der Waals surface area contributed by atoms with E-state index in [9.17, 15) is 33.9 Å². The number of hydrogen-bond donors (Lipinski definition) is 4. The quantitative estimate of drug-likeness (QED) is 0.366. The number of fused-ring (bicyclic) bond motifs is 3. The van der Waals surface area contributed by atoms with E-state index in [1.165, 1.54) is 4.90 Å². The maximum absolute atomic E-state index is 13.9. The molecule has 3 heterocycles. The summed E-state index contributed by atoms with van der Waals surface area (Å²) in [6.45, 7) is 5.99. The summed E-state index contributed by atoms with van der Waals surface area (Å²) in [5, 5.41) is 18.5. The summed E-state index contributed by atoms with van der Waals surface area (Å²) in [6.07, 6.45) is 6.80. The number of urea groups is 1. The van der Waals surface area contributed by atoms with Crippen molar-refractivity contribution in [2.75, 3.05) is 13.1 Å². The molecule has 1 aliphatic carbocycles. The van der Waals surface area contributed by atoms with Crippen molar-refractivity contribution in [3.8, 4) is 0 Å². The van der Waals surface area contributed by atoms with Crippen LogP contribution in [0.4, 0.5) is 4.79 Å². The number of amides is 6. The van der Waals surface area contributed by atoms with Gasteiger partial charge in [-0.1, -0.05) is 65.0 Å². The molecule has 0 radical (unpaired) electrons. The molecule has 0 bridgehead atoms. The zero-order valence-electron chi connectivity index (χ0n) is 26.4. The summed E-state index contributed by atoms with van der Waals surface area (Å²) in [4.78, 5) is 81.7. The molecule has 12 nitrogen and oxygen atoms in total. The molecule has 2 saturated heterocycles. The van der Waals surface area contributed by atoms with E-state index in [1.807, 2.05) is 20.8 Å². The molecular weight excluding hydrogens is 578 g/mol. The third-order valence-electron chi connectivity index (χ3n) is 9.91. The second kappa shape index (κ2) is 12.8. The number of benzene rings is 1. The molecule has 45 heavy (non-hydrogen) atoms. The largest absolute Gasteiger partial charge is 0.479 e.